The van der Waals surface area contributed by atoms with Crippen molar-refractivity contribution >= 4 is 15.9 Å². The van der Waals surface area contributed by atoms with Crippen LogP contribution in [0.1, 0.15) is 19.5 Å². The lowest BCUT2D eigenvalue weighted by molar-refractivity contribution is 1.14. The maximum Gasteiger partial charge on any atom is 0.0413 e. The molecular weight excluding hydrogens is 178 g/mol. The van der Waals surface area contributed by atoms with Crippen molar-refractivity contribution in [1.82, 2.24) is 4.98 Å². The monoisotopic (exact) mass is 191 g/mol. The number of aromatic nitrogens is 1. The summed E-state index contributed by atoms with van der Waals surface area (Å²) < 4.78 is 43.6. The Morgan fingerprint density at radius 3 is 3.22 bits per heavy atom. The first kappa shape index (κ1) is 2.35. The van der Waals surface area contributed by atoms with E-state index in [1.165, 1.54) is 12.3 Å². The molecule has 0 aliphatic rings. The van der Waals surface area contributed by atoms with Crippen LogP contribution in [0.25, 0.3) is 0 Å². The Balaban J connectivity index is 3.41. The summed E-state index contributed by atoms with van der Waals surface area (Å²) in [6.07, 6.45) is 1.27. The standard InChI is InChI=1S/C7H8BrN/c1-5-3-7(8)4-9-6(5)2/h3-4H,1-2H3/i1D3,2D3. The van der Waals surface area contributed by atoms with E-state index in [9.17, 15) is 0 Å². The molecule has 1 rings (SSSR count). The summed E-state index contributed by atoms with van der Waals surface area (Å²) in [4.78, 5) is 3.65. The van der Waals surface area contributed by atoms with E-state index < -0.39 is 13.7 Å². The molecule has 0 atom stereocenters. The minimum Gasteiger partial charge on any atom is -0.260 e. The van der Waals surface area contributed by atoms with E-state index in [-0.39, 0.29) is 11.3 Å². The maximum atomic E-state index is 7.21. The van der Waals surface area contributed by atoms with Gasteiger partial charge in [0.25, 0.3) is 0 Å². The number of hydrogen-bond donors (Lipinski definition) is 0. The van der Waals surface area contributed by atoms with Gasteiger partial charge in [0.05, 0.1) is 0 Å². The molecule has 1 nitrogen and oxygen atoms in total. The van der Waals surface area contributed by atoms with Crippen LogP contribution in [-0.2, 0) is 0 Å². The van der Waals surface area contributed by atoms with Crippen LogP contribution in [0.3, 0.4) is 0 Å². The number of hydrogen-bond acceptors (Lipinski definition) is 1. The lowest BCUT2D eigenvalue weighted by atomic mass is 10.2. The number of nitrogens with zero attached hydrogens (tertiary/aromatic N) is 1. The molecule has 0 aliphatic heterocycles. The fraction of sp³-hybridized carbons (Fsp3) is 0.286. The van der Waals surface area contributed by atoms with Gasteiger partial charge in [0.1, 0.15) is 0 Å². The fourth-order valence-corrected chi connectivity index (χ4v) is 0.771. The molecular formula is C7H8BrN. The van der Waals surface area contributed by atoms with Crippen molar-refractivity contribution in [3.05, 3.63) is 28.0 Å². The summed E-state index contributed by atoms with van der Waals surface area (Å²) in [7, 11) is 0. The zero-order valence-electron chi connectivity index (χ0n) is 10.5. The third-order valence-corrected chi connectivity index (χ3v) is 1.29. The first-order valence-corrected chi connectivity index (χ1v) is 3.08. The highest BCUT2D eigenvalue weighted by molar-refractivity contribution is 9.10. The Morgan fingerprint density at radius 2 is 2.56 bits per heavy atom. The normalized spacial score (nSPS) is 22.3. The smallest absolute Gasteiger partial charge is 0.0413 e. The molecule has 0 aromatic carbocycles. The molecule has 0 aliphatic carbocycles. The van der Waals surface area contributed by atoms with Crippen LogP contribution < -0.4 is 0 Å². The molecule has 0 saturated heterocycles. The van der Waals surface area contributed by atoms with Crippen molar-refractivity contribution in [1.29, 1.82) is 0 Å². The number of pyridine rings is 1. The predicted octanol–water partition coefficient (Wildman–Crippen LogP) is 2.46. The second-order valence-electron chi connectivity index (χ2n) is 1.55. The first-order chi connectivity index (χ1) is 6.62. The van der Waals surface area contributed by atoms with Gasteiger partial charge in [-0.3, -0.25) is 4.98 Å². The molecule has 1 heterocycles. The maximum absolute atomic E-state index is 7.21. The van der Waals surface area contributed by atoms with Gasteiger partial charge in [-0.15, -0.1) is 0 Å². The van der Waals surface area contributed by atoms with Gasteiger partial charge in [0.2, 0.25) is 0 Å². The highest BCUT2D eigenvalue weighted by atomic mass is 79.9. The Morgan fingerprint density at radius 1 is 1.67 bits per heavy atom. The van der Waals surface area contributed by atoms with Crippen molar-refractivity contribution in [2.75, 3.05) is 0 Å². The van der Waals surface area contributed by atoms with Crippen molar-refractivity contribution in [2.24, 2.45) is 0 Å². The number of halogens is 1. The van der Waals surface area contributed by atoms with Crippen molar-refractivity contribution in [2.45, 2.75) is 13.7 Å². The molecule has 9 heavy (non-hydrogen) atoms. The molecule has 0 fully saturated rings. The van der Waals surface area contributed by atoms with Crippen LogP contribution in [0, 0.1) is 13.7 Å². The lowest BCUT2D eigenvalue weighted by Gasteiger charge is -1.96. The summed E-state index contributed by atoms with van der Waals surface area (Å²) in [5.74, 6) is 0. The van der Waals surface area contributed by atoms with Gasteiger partial charge < -0.3 is 0 Å². The molecule has 0 amide bonds. The Hall–Kier alpha value is -0.370. The molecule has 1 aromatic rings. The summed E-state index contributed by atoms with van der Waals surface area (Å²) in [6.45, 7) is -4.98. The van der Waals surface area contributed by atoms with Crippen LogP contribution in [0.15, 0.2) is 16.7 Å². The van der Waals surface area contributed by atoms with Crippen LogP contribution in [0.2, 0.25) is 0 Å². The molecule has 48 valence electrons. The highest BCUT2D eigenvalue weighted by Gasteiger charge is 1.91. The Bertz CT molecular complexity index is 369. The first-order valence-electron chi connectivity index (χ1n) is 5.29. The van der Waals surface area contributed by atoms with Crippen molar-refractivity contribution in [3.8, 4) is 0 Å². The van der Waals surface area contributed by atoms with Crippen molar-refractivity contribution in [3.63, 3.8) is 0 Å². The van der Waals surface area contributed by atoms with Crippen molar-refractivity contribution < 1.29 is 8.22 Å². The van der Waals surface area contributed by atoms with Crippen LogP contribution in [0.5, 0.6) is 0 Å². The van der Waals surface area contributed by atoms with Gasteiger partial charge in [-0.05, 0) is 41.3 Å². The Kier molecular flexibility index (Phi) is 0.647. The van der Waals surface area contributed by atoms with E-state index in [0.29, 0.717) is 4.47 Å². The van der Waals surface area contributed by atoms with Crippen LogP contribution >= 0.6 is 15.9 Å². The molecule has 0 N–H and O–H groups in total. The minimum atomic E-state index is -2.51. The SMILES string of the molecule is [2H]C([2H])([2H])c1cc(Br)cnc1C([2H])([2H])[2H]. The molecule has 0 radical (unpaired) electrons. The minimum absolute atomic E-state index is 0.239. The molecule has 0 saturated carbocycles. The predicted molar refractivity (Wildman–Crippen MR) is 41.4 cm³/mol. The quantitative estimate of drug-likeness (QED) is 0.615. The molecule has 0 spiro atoms. The second kappa shape index (κ2) is 2.48. The number of rotatable bonds is 0. The van der Waals surface area contributed by atoms with Gasteiger partial charge >= 0.3 is 0 Å². The highest BCUT2D eigenvalue weighted by Crippen LogP contribution is 2.11. The third kappa shape index (κ3) is 1.52. The zero-order chi connectivity index (χ0) is 11.9. The summed E-state index contributed by atoms with van der Waals surface area (Å²) in [5.41, 5.74) is -0.609. The Labute approximate surface area is 71.7 Å². The van der Waals surface area contributed by atoms with Gasteiger partial charge in [0.15, 0.2) is 0 Å². The van der Waals surface area contributed by atoms with E-state index in [2.05, 4.69) is 20.9 Å². The average Bonchev–Trinajstić information content (AvgIpc) is 2.00. The molecule has 0 bridgehead atoms. The topological polar surface area (TPSA) is 12.9 Å². The van der Waals surface area contributed by atoms with Gasteiger partial charge in [-0.1, -0.05) is 0 Å². The molecule has 0 unspecified atom stereocenters. The van der Waals surface area contributed by atoms with E-state index in [1.807, 2.05) is 0 Å². The van der Waals surface area contributed by atoms with E-state index in [1.54, 1.807) is 0 Å². The third-order valence-electron chi connectivity index (χ3n) is 0.854. The van der Waals surface area contributed by atoms with Crippen LogP contribution in [-0.4, -0.2) is 4.98 Å². The van der Waals surface area contributed by atoms with Gasteiger partial charge in [0, 0.05) is 24.6 Å². The largest absolute Gasteiger partial charge is 0.260 e. The molecule has 1 aromatic heterocycles. The van der Waals surface area contributed by atoms with Gasteiger partial charge in [-0.25, -0.2) is 0 Å². The van der Waals surface area contributed by atoms with Gasteiger partial charge in [-0.2, -0.15) is 0 Å². The van der Waals surface area contributed by atoms with Crippen LogP contribution in [0.4, 0.5) is 0 Å². The van der Waals surface area contributed by atoms with E-state index in [4.69, 9.17) is 8.22 Å². The summed E-state index contributed by atoms with van der Waals surface area (Å²) >= 11 is 3.06. The fourth-order valence-electron chi connectivity index (χ4n) is 0.439. The average molecular weight is 192 g/mol. The summed E-state index contributed by atoms with van der Waals surface area (Å²) in [6, 6.07) is 1.27. The second-order valence-corrected chi connectivity index (χ2v) is 2.47. The number of aryl methyl sites for hydroxylation is 2. The zero-order valence-corrected chi connectivity index (χ0v) is 6.07. The van der Waals surface area contributed by atoms with E-state index >= 15 is 0 Å². The molecule has 2 heteroatoms. The van der Waals surface area contributed by atoms with E-state index in [0.717, 1.165) is 0 Å². The summed E-state index contributed by atoms with van der Waals surface area (Å²) in [5, 5.41) is 0. The lowest BCUT2D eigenvalue weighted by Crippen LogP contribution is -1.83.